The molecule has 0 radical (unpaired) electrons. The predicted molar refractivity (Wildman–Crippen MR) is 144 cm³/mol. The first-order chi connectivity index (χ1) is 16.4. The van der Waals surface area contributed by atoms with Crippen molar-refractivity contribution < 1.29 is 9.53 Å². The van der Waals surface area contributed by atoms with Crippen LogP contribution in [0.25, 0.3) is 0 Å². The number of allylic oxidation sites excluding steroid dienone is 1. The van der Waals surface area contributed by atoms with Gasteiger partial charge in [0.2, 0.25) is 0 Å². The lowest BCUT2D eigenvalue weighted by Crippen LogP contribution is -2.19. The second kappa shape index (κ2) is 12.9. The van der Waals surface area contributed by atoms with E-state index in [1.54, 1.807) is 0 Å². The van der Waals surface area contributed by atoms with Crippen LogP contribution in [0.2, 0.25) is 0 Å². The number of rotatable bonds is 12. The van der Waals surface area contributed by atoms with Crippen molar-refractivity contribution in [3.05, 3.63) is 77.9 Å². The third kappa shape index (κ3) is 7.32. The summed E-state index contributed by atoms with van der Waals surface area (Å²) in [6.07, 6.45) is 12.6. The molecule has 2 nitrogen and oxygen atoms in total. The van der Waals surface area contributed by atoms with Crippen molar-refractivity contribution in [2.45, 2.75) is 103 Å². The Morgan fingerprint density at radius 3 is 2.62 bits per heavy atom. The Hall–Kier alpha value is -2.35. The summed E-state index contributed by atoms with van der Waals surface area (Å²) in [6.45, 7) is 11.5. The number of hydrogen-bond acceptors (Lipinski definition) is 2. The molecule has 1 aliphatic carbocycles. The third-order valence-electron chi connectivity index (χ3n) is 7.60. The first kappa shape index (κ1) is 26.3. The highest BCUT2D eigenvalue weighted by molar-refractivity contribution is 5.79. The lowest BCUT2D eigenvalue weighted by atomic mass is 9.76. The molecule has 0 heterocycles. The Kier molecular flexibility index (Phi) is 9.99. The van der Waals surface area contributed by atoms with Gasteiger partial charge in [-0.3, -0.25) is 4.79 Å². The van der Waals surface area contributed by atoms with Crippen molar-refractivity contribution in [3.63, 3.8) is 0 Å². The van der Waals surface area contributed by atoms with Crippen molar-refractivity contribution in [2.75, 3.05) is 0 Å². The Labute approximate surface area is 207 Å². The van der Waals surface area contributed by atoms with Crippen LogP contribution in [0.4, 0.5) is 0 Å². The molecule has 2 heteroatoms. The molecule has 184 valence electrons. The van der Waals surface area contributed by atoms with Gasteiger partial charge < -0.3 is 4.74 Å². The summed E-state index contributed by atoms with van der Waals surface area (Å²) in [4.78, 5) is 12.6. The zero-order valence-corrected chi connectivity index (χ0v) is 21.7. The molecule has 3 rings (SSSR count). The Bertz CT molecular complexity index is 912. The number of benzene rings is 2. The molecular formula is C32H44O2. The fourth-order valence-corrected chi connectivity index (χ4v) is 5.40. The first-order valence-corrected chi connectivity index (χ1v) is 13.4. The highest BCUT2D eigenvalue weighted by Gasteiger charge is 2.31. The fourth-order valence-electron chi connectivity index (χ4n) is 5.40. The lowest BCUT2D eigenvalue weighted by Gasteiger charge is -2.30. The fraction of sp³-hybridized carbons (Fsp3) is 0.531. The second-order valence-corrected chi connectivity index (χ2v) is 10.7. The van der Waals surface area contributed by atoms with Gasteiger partial charge in [-0.25, -0.2) is 0 Å². The maximum absolute atomic E-state index is 12.6. The summed E-state index contributed by atoms with van der Waals surface area (Å²) < 4.78 is 6.52. The summed E-state index contributed by atoms with van der Waals surface area (Å²) in [5, 5.41) is 0. The Morgan fingerprint density at radius 2 is 1.88 bits per heavy atom. The lowest BCUT2D eigenvalue weighted by molar-refractivity contribution is -0.119. The topological polar surface area (TPSA) is 26.3 Å². The molecule has 34 heavy (non-hydrogen) atoms. The van der Waals surface area contributed by atoms with Gasteiger partial charge in [-0.15, -0.1) is 6.58 Å². The molecule has 0 amide bonds. The van der Waals surface area contributed by atoms with Crippen LogP contribution in [0.15, 0.2) is 61.2 Å². The smallest absolute Gasteiger partial charge is 0.133 e. The van der Waals surface area contributed by atoms with Crippen LogP contribution >= 0.6 is 0 Å². The van der Waals surface area contributed by atoms with Crippen LogP contribution in [0.5, 0.6) is 5.75 Å². The molecule has 0 bridgehead atoms. The molecular weight excluding hydrogens is 416 g/mol. The molecule has 2 aromatic rings. The molecule has 2 aromatic carbocycles. The van der Waals surface area contributed by atoms with E-state index in [1.165, 1.54) is 43.2 Å². The van der Waals surface area contributed by atoms with Crippen molar-refractivity contribution in [3.8, 4) is 5.75 Å². The summed E-state index contributed by atoms with van der Waals surface area (Å²) in [6, 6.07) is 17.2. The van der Waals surface area contributed by atoms with E-state index in [4.69, 9.17) is 4.74 Å². The number of Topliss-reactive ketones (excluding diaryl/α,β-unsaturated/α-hetero) is 1. The highest BCUT2D eigenvalue weighted by Crippen LogP contribution is 2.43. The molecule has 0 N–H and O–H groups in total. The van der Waals surface area contributed by atoms with Gasteiger partial charge in [0.05, 0.1) is 0 Å². The van der Waals surface area contributed by atoms with E-state index in [2.05, 4.69) is 69.8 Å². The van der Waals surface area contributed by atoms with E-state index in [-0.39, 0.29) is 11.3 Å². The van der Waals surface area contributed by atoms with E-state index < -0.39 is 0 Å². The zero-order chi connectivity index (χ0) is 24.4. The Balaban J connectivity index is 1.93. The number of unbranched alkanes of at least 4 members (excludes halogenated alkanes) is 3. The van der Waals surface area contributed by atoms with Crippen LogP contribution in [-0.4, -0.2) is 5.78 Å². The van der Waals surface area contributed by atoms with Gasteiger partial charge in [0.1, 0.15) is 18.1 Å². The van der Waals surface area contributed by atoms with Crippen LogP contribution < -0.4 is 4.74 Å². The Morgan fingerprint density at radius 1 is 1.09 bits per heavy atom. The number of ether oxygens (including phenoxy) is 1. The van der Waals surface area contributed by atoms with E-state index >= 15 is 0 Å². The van der Waals surface area contributed by atoms with Gasteiger partial charge in [0.15, 0.2) is 0 Å². The maximum Gasteiger partial charge on any atom is 0.133 e. The molecule has 1 aliphatic rings. The normalized spacial score (nSPS) is 19.0. The minimum Gasteiger partial charge on any atom is -0.489 e. The van der Waals surface area contributed by atoms with Gasteiger partial charge in [0.25, 0.3) is 0 Å². The van der Waals surface area contributed by atoms with Gasteiger partial charge in [0, 0.05) is 12.8 Å². The largest absolute Gasteiger partial charge is 0.489 e. The van der Waals surface area contributed by atoms with Crippen molar-refractivity contribution in [2.24, 2.45) is 5.92 Å². The van der Waals surface area contributed by atoms with E-state index in [0.29, 0.717) is 31.1 Å². The molecule has 0 unspecified atom stereocenters. The van der Waals surface area contributed by atoms with E-state index in [1.807, 2.05) is 12.1 Å². The van der Waals surface area contributed by atoms with Crippen LogP contribution in [0.1, 0.15) is 108 Å². The zero-order valence-electron chi connectivity index (χ0n) is 21.7. The van der Waals surface area contributed by atoms with Crippen molar-refractivity contribution in [1.29, 1.82) is 0 Å². The standard InChI is InChI=1S/C32H44O2/c1-5-7-8-12-21-32(3,4)27-19-20-29(30-23-28(33)18-13-17-26(30)14-6-2)31(22-27)34-24-25-15-10-9-11-16-25/h6,9-11,15-16,19-20,22,26,30H,2,5,7-8,12-14,17-18,21,23-24H2,1,3-4H3/t26-,30-/m0/s1. The number of hydrogen-bond donors (Lipinski definition) is 0. The predicted octanol–water partition coefficient (Wildman–Crippen LogP) is 8.93. The van der Waals surface area contributed by atoms with Crippen LogP contribution in [0, 0.1) is 5.92 Å². The number of carbonyl (C=O) groups excluding carboxylic acids is 1. The minimum absolute atomic E-state index is 0.0942. The van der Waals surface area contributed by atoms with Gasteiger partial charge >= 0.3 is 0 Å². The monoisotopic (exact) mass is 460 g/mol. The molecule has 2 atom stereocenters. The van der Waals surface area contributed by atoms with Gasteiger partial charge in [-0.2, -0.15) is 0 Å². The molecule has 0 aromatic heterocycles. The molecule has 0 spiro atoms. The van der Waals surface area contributed by atoms with Crippen molar-refractivity contribution in [1.82, 2.24) is 0 Å². The van der Waals surface area contributed by atoms with Gasteiger partial charge in [-0.05, 0) is 65.7 Å². The van der Waals surface area contributed by atoms with E-state index in [0.717, 1.165) is 30.6 Å². The summed E-state index contributed by atoms with van der Waals surface area (Å²) >= 11 is 0. The summed E-state index contributed by atoms with van der Waals surface area (Å²) in [5.74, 6) is 1.97. The summed E-state index contributed by atoms with van der Waals surface area (Å²) in [7, 11) is 0. The van der Waals surface area contributed by atoms with Crippen molar-refractivity contribution >= 4 is 5.78 Å². The highest BCUT2D eigenvalue weighted by atomic mass is 16.5. The van der Waals surface area contributed by atoms with Gasteiger partial charge in [-0.1, -0.05) is 95.0 Å². The van der Waals surface area contributed by atoms with Crippen LogP contribution in [-0.2, 0) is 16.8 Å². The average Bonchev–Trinajstić information content (AvgIpc) is 3.02. The van der Waals surface area contributed by atoms with E-state index in [9.17, 15) is 4.79 Å². The van der Waals surface area contributed by atoms with Crippen LogP contribution in [0.3, 0.4) is 0 Å². The second-order valence-electron chi connectivity index (χ2n) is 10.7. The molecule has 1 fully saturated rings. The summed E-state index contributed by atoms with van der Waals surface area (Å²) in [5.41, 5.74) is 3.79. The third-order valence-corrected chi connectivity index (χ3v) is 7.60. The quantitative estimate of drug-likeness (QED) is 0.179. The number of ketones is 1. The molecule has 0 saturated heterocycles. The number of carbonyl (C=O) groups is 1. The maximum atomic E-state index is 12.6. The average molecular weight is 461 g/mol. The molecule has 0 aliphatic heterocycles. The first-order valence-electron chi connectivity index (χ1n) is 13.4. The molecule has 1 saturated carbocycles. The SMILES string of the molecule is C=CC[C@H]1CCCC(=O)C[C@@H]1c1ccc(C(C)(C)CCCCCC)cc1OCc1ccccc1. The minimum atomic E-state index is 0.0942.